The average molecular weight is 565 g/mol. The van der Waals surface area contributed by atoms with Gasteiger partial charge in [-0.2, -0.15) is 0 Å². The maximum Gasteiger partial charge on any atom is 0.407 e. The molecule has 1 aliphatic heterocycles. The van der Waals surface area contributed by atoms with Crippen LogP contribution < -0.4 is 10.1 Å². The van der Waals surface area contributed by atoms with Crippen LogP contribution in [0.5, 0.6) is 5.75 Å². The lowest BCUT2D eigenvalue weighted by Gasteiger charge is -2.41. The Balaban J connectivity index is 1.33. The number of ether oxygens (including phenoxy) is 2. The van der Waals surface area contributed by atoms with E-state index < -0.39 is 36.6 Å². The van der Waals surface area contributed by atoms with Crippen LogP contribution in [-0.2, 0) is 40.4 Å². The summed E-state index contributed by atoms with van der Waals surface area (Å²) in [5, 5.41) is 12.6. The molecular formula is C34H32N2O6. The van der Waals surface area contributed by atoms with E-state index in [4.69, 9.17) is 9.47 Å². The molecule has 1 heterocycles. The first kappa shape index (κ1) is 28.4. The highest BCUT2D eigenvalue weighted by Gasteiger charge is 2.41. The van der Waals surface area contributed by atoms with Gasteiger partial charge in [0.25, 0.3) is 0 Å². The average Bonchev–Trinajstić information content (AvgIpc) is 3.02. The van der Waals surface area contributed by atoms with Gasteiger partial charge in [-0.1, -0.05) is 97.1 Å². The number of aliphatic carboxylic acids is 1. The van der Waals surface area contributed by atoms with E-state index in [-0.39, 0.29) is 13.0 Å². The molecule has 0 saturated carbocycles. The molecule has 0 spiro atoms. The predicted molar refractivity (Wildman–Crippen MR) is 157 cm³/mol. The Hall–Kier alpha value is -5.11. The molecule has 0 bridgehead atoms. The van der Waals surface area contributed by atoms with Gasteiger partial charge in [0, 0.05) is 6.42 Å². The van der Waals surface area contributed by atoms with Crippen molar-refractivity contribution in [3.63, 3.8) is 0 Å². The summed E-state index contributed by atoms with van der Waals surface area (Å²) in [7, 11) is 0. The number of rotatable bonds is 10. The third-order valence-electron chi connectivity index (χ3n) is 7.24. The molecule has 2 N–H and O–H groups in total. The van der Waals surface area contributed by atoms with E-state index in [1.807, 2.05) is 109 Å². The molecule has 4 aromatic rings. The summed E-state index contributed by atoms with van der Waals surface area (Å²) < 4.78 is 11.2. The Bertz CT molecular complexity index is 1530. The molecule has 8 heteroatoms. The molecule has 0 saturated heterocycles. The fourth-order valence-corrected chi connectivity index (χ4v) is 5.22. The van der Waals surface area contributed by atoms with Crippen LogP contribution >= 0.6 is 0 Å². The second kappa shape index (κ2) is 13.5. The third-order valence-corrected chi connectivity index (χ3v) is 7.24. The van der Waals surface area contributed by atoms with Crippen LogP contribution in [-0.4, -0.2) is 40.6 Å². The lowest BCUT2D eigenvalue weighted by molar-refractivity contribution is -0.153. The number of nitrogens with one attached hydrogen (secondary N) is 1. The van der Waals surface area contributed by atoms with Gasteiger partial charge in [0.15, 0.2) is 0 Å². The van der Waals surface area contributed by atoms with E-state index >= 15 is 0 Å². The smallest absolute Gasteiger partial charge is 0.407 e. The normalized spacial score (nSPS) is 15.8. The van der Waals surface area contributed by atoms with Crippen LogP contribution in [0.15, 0.2) is 109 Å². The quantitative estimate of drug-likeness (QED) is 0.270. The number of carboxylic acid groups (broad SMARTS) is 1. The largest absolute Gasteiger partial charge is 0.489 e. The number of carbonyl (C=O) groups excluding carboxylic acids is 2. The number of benzene rings is 4. The third kappa shape index (κ3) is 7.14. The monoisotopic (exact) mass is 564 g/mol. The SMILES string of the molecule is O=C(NCC(=O)N1C(C(=O)O)Cc2ccccc2[C@H]1Cc1cccc(OCc2ccccc2)c1)OCc1ccccc1. The van der Waals surface area contributed by atoms with E-state index in [1.54, 1.807) is 0 Å². The molecule has 2 amide bonds. The zero-order valence-corrected chi connectivity index (χ0v) is 23.0. The van der Waals surface area contributed by atoms with Gasteiger partial charge in [-0.25, -0.2) is 9.59 Å². The summed E-state index contributed by atoms with van der Waals surface area (Å²) in [4.78, 5) is 39.8. The Morgan fingerprint density at radius 1 is 0.786 bits per heavy atom. The summed E-state index contributed by atoms with van der Waals surface area (Å²) in [6, 6.07) is 32.6. The van der Waals surface area contributed by atoms with Gasteiger partial charge in [-0.3, -0.25) is 4.79 Å². The van der Waals surface area contributed by atoms with Crippen molar-refractivity contribution in [3.05, 3.63) is 137 Å². The van der Waals surface area contributed by atoms with Crippen molar-refractivity contribution >= 4 is 18.0 Å². The van der Waals surface area contributed by atoms with Crippen LogP contribution in [0.3, 0.4) is 0 Å². The van der Waals surface area contributed by atoms with Gasteiger partial charge >= 0.3 is 12.1 Å². The molecule has 0 radical (unpaired) electrons. The molecule has 8 nitrogen and oxygen atoms in total. The van der Waals surface area contributed by atoms with E-state index in [0.29, 0.717) is 18.8 Å². The van der Waals surface area contributed by atoms with Crippen molar-refractivity contribution in [1.29, 1.82) is 0 Å². The Labute approximate surface area is 244 Å². The van der Waals surface area contributed by atoms with Crippen LogP contribution in [0.4, 0.5) is 4.79 Å². The molecular weight excluding hydrogens is 532 g/mol. The molecule has 1 aliphatic rings. The zero-order valence-electron chi connectivity index (χ0n) is 23.0. The van der Waals surface area contributed by atoms with Crippen LogP contribution in [0.1, 0.15) is 33.9 Å². The summed E-state index contributed by atoms with van der Waals surface area (Å²) in [5.41, 5.74) is 4.50. The van der Waals surface area contributed by atoms with Crippen LogP contribution in [0.2, 0.25) is 0 Å². The van der Waals surface area contributed by atoms with Crippen molar-refractivity contribution in [1.82, 2.24) is 10.2 Å². The Kier molecular flexibility index (Phi) is 9.13. The topological polar surface area (TPSA) is 105 Å². The molecule has 0 aromatic heterocycles. The minimum absolute atomic E-state index is 0.0566. The molecule has 4 aromatic carbocycles. The minimum atomic E-state index is -1.10. The fraction of sp³-hybridized carbons (Fsp3) is 0.206. The first-order valence-electron chi connectivity index (χ1n) is 13.8. The minimum Gasteiger partial charge on any atom is -0.489 e. The highest BCUT2D eigenvalue weighted by atomic mass is 16.5. The molecule has 42 heavy (non-hydrogen) atoms. The maximum absolute atomic E-state index is 13.6. The number of hydrogen-bond acceptors (Lipinski definition) is 5. The van der Waals surface area contributed by atoms with Gasteiger partial charge in [-0.05, 0) is 46.4 Å². The molecule has 1 unspecified atom stereocenters. The van der Waals surface area contributed by atoms with Gasteiger partial charge in [0.2, 0.25) is 5.91 Å². The zero-order chi connectivity index (χ0) is 29.3. The lowest BCUT2D eigenvalue weighted by atomic mass is 9.85. The number of hydrogen-bond donors (Lipinski definition) is 2. The number of amides is 2. The van der Waals surface area contributed by atoms with Gasteiger partial charge in [0.1, 0.15) is 31.5 Å². The Morgan fingerprint density at radius 3 is 2.14 bits per heavy atom. The number of carboxylic acids is 1. The van der Waals surface area contributed by atoms with Crippen molar-refractivity contribution in [3.8, 4) is 5.75 Å². The molecule has 0 aliphatic carbocycles. The fourth-order valence-electron chi connectivity index (χ4n) is 5.22. The summed E-state index contributed by atoms with van der Waals surface area (Å²) in [6.45, 7) is 0.0750. The molecule has 5 rings (SSSR count). The second-order valence-corrected chi connectivity index (χ2v) is 10.1. The summed E-state index contributed by atoms with van der Waals surface area (Å²) in [5.74, 6) is -0.930. The van der Waals surface area contributed by atoms with Crippen LogP contribution in [0.25, 0.3) is 0 Å². The number of alkyl carbamates (subject to hydrolysis) is 1. The van der Waals surface area contributed by atoms with E-state index in [1.165, 1.54) is 4.90 Å². The van der Waals surface area contributed by atoms with E-state index in [0.717, 1.165) is 27.8 Å². The first-order valence-corrected chi connectivity index (χ1v) is 13.8. The maximum atomic E-state index is 13.6. The van der Waals surface area contributed by atoms with Crippen molar-refractivity contribution in [2.24, 2.45) is 0 Å². The highest BCUT2D eigenvalue weighted by Crippen LogP contribution is 2.36. The van der Waals surface area contributed by atoms with Gasteiger partial charge in [-0.15, -0.1) is 0 Å². The van der Waals surface area contributed by atoms with Gasteiger partial charge < -0.3 is 24.8 Å². The van der Waals surface area contributed by atoms with Crippen molar-refractivity contribution < 1.29 is 29.0 Å². The number of fused-ring (bicyclic) bond motifs is 1. The summed E-state index contributed by atoms with van der Waals surface area (Å²) >= 11 is 0. The second-order valence-electron chi connectivity index (χ2n) is 10.1. The Morgan fingerprint density at radius 2 is 1.43 bits per heavy atom. The van der Waals surface area contributed by atoms with Crippen molar-refractivity contribution in [2.75, 3.05) is 6.54 Å². The predicted octanol–water partition coefficient (Wildman–Crippen LogP) is 5.31. The molecule has 0 fully saturated rings. The van der Waals surface area contributed by atoms with E-state index in [2.05, 4.69) is 5.32 Å². The summed E-state index contributed by atoms with van der Waals surface area (Å²) in [6.07, 6.45) is -0.212. The van der Waals surface area contributed by atoms with Crippen LogP contribution in [0, 0.1) is 0 Å². The van der Waals surface area contributed by atoms with Gasteiger partial charge in [0.05, 0.1) is 6.04 Å². The highest BCUT2D eigenvalue weighted by molar-refractivity contribution is 5.88. The molecule has 214 valence electrons. The lowest BCUT2D eigenvalue weighted by Crippen LogP contribution is -2.54. The first-order chi connectivity index (χ1) is 20.5. The van der Waals surface area contributed by atoms with E-state index in [9.17, 15) is 19.5 Å². The number of carbonyl (C=O) groups is 3. The number of nitrogens with zero attached hydrogens (tertiary/aromatic N) is 1. The van der Waals surface area contributed by atoms with Crippen molar-refractivity contribution in [2.45, 2.75) is 38.1 Å². The standard InChI is InChI=1S/C34H32N2O6/c37-32(21-35-34(40)42-23-25-12-5-2-6-13-25)36-30(29-17-8-7-15-27(29)20-31(36)33(38)39)19-26-14-9-16-28(18-26)41-22-24-10-3-1-4-11-24/h1-18,30-31H,19-23H2,(H,35,40)(H,38,39)/t30-,31?/m1/s1. The molecule has 2 atom stereocenters.